The van der Waals surface area contributed by atoms with Crippen molar-refractivity contribution in [3.05, 3.63) is 85.6 Å². The van der Waals surface area contributed by atoms with Crippen molar-refractivity contribution in [2.75, 3.05) is 5.32 Å². The molecule has 0 atom stereocenters. The molecule has 2 heterocycles. The van der Waals surface area contributed by atoms with Crippen LogP contribution in [0.2, 0.25) is 0 Å². The van der Waals surface area contributed by atoms with Gasteiger partial charge in [0.15, 0.2) is 5.43 Å². The summed E-state index contributed by atoms with van der Waals surface area (Å²) in [7, 11) is 0. The lowest BCUT2D eigenvalue weighted by molar-refractivity contribution is 0.103. The summed E-state index contributed by atoms with van der Waals surface area (Å²) in [4.78, 5) is 26.3. The van der Waals surface area contributed by atoms with E-state index in [4.69, 9.17) is 0 Å². The average molecular weight is 442 g/mol. The van der Waals surface area contributed by atoms with Crippen LogP contribution in [0.25, 0.3) is 21.2 Å². The molecule has 0 radical (unpaired) electrons. The molecule has 1 N–H and O–H groups in total. The molecular formula is C20H12BrNO2S2. The van der Waals surface area contributed by atoms with Crippen molar-refractivity contribution in [2.45, 2.75) is 0 Å². The predicted octanol–water partition coefficient (Wildman–Crippen LogP) is 6.00. The lowest BCUT2D eigenvalue weighted by Crippen LogP contribution is -2.14. The molecule has 128 valence electrons. The third kappa shape index (κ3) is 3.23. The van der Waals surface area contributed by atoms with Gasteiger partial charge in [0.25, 0.3) is 5.91 Å². The number of hydrogen-bond donors (Lipinski definition) is 1. The van der Waals surface area contributed by atoms with E-state index in [1.54, 1.807) is 6.07 Å². The molecule has 0 aliphatic carbocycles. The summed E-state index contributed by atoms with van der Waals surface area (Å²) < 4.78 is 1.78. The second-order valence-corrected chi connectivity index (χ2v) is 8.49. The highest BCUT2D eigenvalue weighted by Crippen LogP contribution is 2.34. The number of anilines is 1. The van der Waals surface area contributed by atoms with Gasteiger partial charge in [-0.2, -0.15) is 0 Å². The molecule has 0 bridgehead atoms. The van der Waals surface area contributed by atoms with Crippen LogP contribution in [-0.2, 0) is 0 Å². The van der Waals surface area contributed by atoms with E-state index < -0.39 is 0 Å². The molecule has 1 amide bonds. The fourth-order valence-electron chi connectivity index (χ4n) is 2.68. The summed E-state index contributed by atoms with van der Waals surface area (Å²) in [6, 6.07) is 18.6. The number of rotatable bonds is 3. The minimum absolute atomic E-state index is 0.0804. The highest BCUT2D eigenvalue weighted by Gasteiger charge is 2.17. The molecule has 0 fully saturated rings. The van der Waals surface area contributed by atoms with E-state index in [2.05, 4.69) is 21.2 Å². The third-order valence-electron chi connectivity index (χ3n) is 3.90. The Bertz CT molecular complexity index is 1150. The standard InChI is InChI=1S/C20H12BrNO2S2/c21-13-9-7-12(8-10-13)17-18(23)14-4-1-2-5-15(14)26-20(17)22-19(24)16-6-3-11-25-16/h1-11H,(H,22,24). The highest BCUT2D eigenvalue weighted by atomic mass is 79.9. The van der Waals surface area contributed by atoms with Gasteiger partial charge in [0.2, 0.25) is 0 Å². The molecular weight excluding hydrogens is 430 g/mol. The van der Waals surface area contributed by atoms with Crippen LogP contribution in [0.3, 0.4) is 0 Å². The summed E-state index contributed by atoms with van der Waals surface area (Å²) in [6.07, 6.45) is 0. The molecule has 0 spiro atoms. The number of benzene rings is 2. The normalized spacial score (nSPS) is 10.8. The van der Waals surface area contributed by atoms with Gasteiger partial charge in [-0.15, -0.1) is 22.7 Å². The van der Waals surface area contributed by atoms with Crippen molar-refractivity contribution in [3.63, 3.8) is 0 Å². The molecule has 0 saturated carbocycles. The smallest absolute Gasteiger partial charge is 0.266 e. The molecule has 6 heteroatoms. The average Bonchev–Trinajstić information content (AvgIpc) is 3.18. The Morgan fingerprint density at radius 3 is 2.46 bits per heavy atom. The molecule has 2 aromatic carbocycles. The van der Waals surface area contributed by atoms with E-state index in [1.165, 1.54) is 22.7 Å². The summed E-state index contributed by atoms with van der Waals surface area (Å²) >= 11 is 6.20. The maximum atomic E-state index is 13.1. The van der Waals surface area contributed by atoms with Crippen molar-refractivity contribution in [2.24, 2.45) is 0 Å². The number of fused-ring (bicyclic) bond motifs is 1. The summed E-state index contributed by atoms with van der Waals surface area (Å²) in [6.45, 7) is 0. The number of nitrogens with one attached hydrogen (secondary N) is 1. The molecule has 4 rings (SSSR count). The summed E-state index contributed by atoms with van der Waals surface area (Å²) in [5.74, 6) is -0.204. The van der Waals surface area contributed by atoms with Gasteiger partial charge in [0.05, 0.1) is 10.4 Å². The molecule has 0 saturated heterocycles. The van der Waals surface area contributed by atoms with Crippen LogP contribution < -0.4 is 10.7 Å². The number of thiophene rings is 1. The first kappa shape index (κ1) is 17.1. The van der Waals surface area contributed by atoms with Gasteiger partial charge in [-0.3, -0.25) is 9.59 Å². The molecule has 26 heavy (non-hydrogen) atoms. The minimum atomic E-state index is -0.204. The molecule has 0 aliphatic heterocycles. The Morgan fingerprint density at radius 2 is 1.73 bits per heavy atom. The molecule has 2 aromatic heterocycles. The fraction of sp³-hybridized carbons (Fsp3) is 0. The molecule has 3 nitrogen and oxygen atoms in total. The quantitative estimate of drug-likeness (QED) is 0.423. The van der Waals surface area contributed by atoms with Crippen molar-refractivity contribution >= 4 is 59.6 Å². The monoisotopic (exact) mass is 441 g/mol. The third-order valence-corrected chi connectivity index (χ3v) is 6.39. The van der Waals surface area contributed by atoms with Crippen LogP contribution in [0.15, 0.2) is 75.3 Å². The number of carbonyl (C=O) groups excluding carboxylic acids is 1. The zero-order valence-electron chi connectivity index (χ0n) is 13.4. The first-order chi connectivity index (χ1) is 12.6. The number of amides is 1. The van der Waals surface area contributed by atoms with E-state index in [-0.39, 0.29) is 11.3 Å². The first-order valence-electron chi connectivity index (χ1n) is 7.80. The number of carbonyl (C=O) groups is 1. The van der Waals surface area contributed by atoms with Crippen molar-refractivity contribution in [1.29, 1.82) is 0 Å². The van der Waals surface area contributed by atoms with Gasteiger partial charge < -0.3 is 5.32 Å². The number of hydrogen-bond acceptors (Lipinski definition) is 4. The molecule has 0 unspecified atom stereocenters. The highest BCUT2D eigenvalue weighted by molar-refractivity contribution is 9.10. The summed E-state index contributed by atoms with van der Waals surface area (Å²) in [5, 5.41) is 6.01. The Balaban J connectivity index is 1.92. The van der Waals surface area contributed by atoms with Crippen LogP contribution in [0.4, 0.5) is 5.00 Å². The lowest BCUT2D eigenvalue weighted by Gasteiger charge is -2.11. The van der Waals surface area contributed by atoms with Gasteiger partial charge in [0.1, 0.15) is 5.00 Å². The summed E-state index contributed by atoms with van der Waals surface area (Å²) in [5.41, 5.74) is 1.22. The van der Waals surface area contributed by atoms with Gasteiger partial charge in [-0.1, -0.05) is 46.3 Å². The Labute approximate surface area is 166 Å². The zero-order valence-corrected chi connectivity index (χ0v) is 16.6. The van der Waals surface area contributed by atoms with Crippen LogP contribution in [-0.4, -0.2) is 5.91 Å². The van der Waals surface area contributed by atoms with Crippen LogP contribution >= 0.6 is 38.6 Å². The maximum absolute atomic E-state index is 13.1. The van der Waals surface area contributed by atoms with E-state index >= 15 is 0 Å². The van der Waals surface area contributed by atoms with Crippen LogP contribution in [0, 0.1) is 0 Å². The van der Waals surface area contributed by atoms with Gasteiger partial charge in [-0.25, -0.2) is 0 Å². The predicted molar refractivity (Wildman–Crippen MR) is 114 cm³/mol. The van der Waals surface area contributed by atoms with Crippen LogP contribution in [0.1, 0.15) is 9.67 Å². The second-order valence-electron chi connectivity index (χ2n) is 5.57. The second kappa shape index (κ2) is 7.15. The van der Waals surface area contributed by atoms with Gasteiger partial charge in [-0.05, 0) is 41.3 Å². The topological polar surface area (TPSA) is 46.2 Å². The van der Waals surface area contributed by atoms with Gasteiger partial charge in [0, 0.05) is 14.6 Å². The Morgan fingerprint density at radius 1 is 0.962 bits per heavy atom. The van der Waals surface area contributed by atoms with Crippen molar-refractivity contribution < 1.29 is 4.79 Å². The molecule has 4 aromatic rings. The van der Waals surface area contributed by atoms with Crippen LogP contribution in [0.5, 0.6) is 0 Å². The maximum Gasteiger partial charge on any atom is 0.266 e. The zero-order chi connectivity index (χ0) is 18.1. The largest absolute Gasteiger partial charge is 0.312 e. The van der Waals surface area contributed by atoms with E-state index in [0.717, 1.165) is 14.7 Å². The lowest BCUT2D eigenvalue weighted by atomic mass is 10.1. The number of halogens is 1. The minimum Gasteiger partial charge on any atom is -0.312 e. The molecule has 0 aliphatic rings. The van der Waals surface area contributed by atoms with Gasteiger partial charge >= 0.3 is 0 Å². The van der Waals surface area contributed by atoms with Crippen molar-refractivity contribution in [1.82, 2.24) is 0 Å². The Kier molecular flexibility index (Phi) is 4.72. The van der Waals surface area contributed by atoms with E-state index in [1.807, 2.05) is 60.0 Å². The Hall–Kier alpha value is -2.28. The first-order valence-corrected chi connectivity index (χ1v) is 10.3. The van der Waals surface area contributed by atoms with E-state index in [0.29, 0.717) is 20.8 Å². The SMILES string of the molecule is O=C(Nc1sc2ccccc2c(=O)c1-c1ccc(Br)cc1)c1cccs1. The fourth-order valence-corrected chi connectivity index (χ4v) is 4.66. The van der Waals surface area contributed by atoms with Crippen molar-refractivity contribution in [3.8, 4) is 11.1 Å². The van der Waals surface area contributed by atoms with E-state index in [9.17, 15) is 9.59 Å².